The topological polar surface area (TPSA) is 33.1 Å². The summed E-state index contributed by atoms with van der Waals surface area (Å²) >= 11 is 0. The highest BCUT2D eigenvalue weighted by Crippen LogP contribution is 1.95. The lowest BCUT2D eigenvalue weighted by molar-refractivity contribution is 0.383. The van der Waals surface area contributed by atoms with E-state index < -0.39 is 0 Å². The fourth-order valence-electron chi connectivity index (χ4n) is 1.12. The summed E-state index contributed by atoms with van der Waals surface area (Å²) < 4.78 is 2.12. The molecule has 0 aliphatic carbocycles. The summed E-state index contributed by atoms with van der Waals surface area (Å²) in [5, 5.41) is 3.08. The van der Waals surface area contributed by atoms with Gasteiger partial charge in [0.25, 0.3) is 0 Å². The van der Waals surface area contributed by atoms with Crippen LogP contribution in [0, 0.1) is 0 Å². The molecule has 74 valence electrons. The summed E-state index contributed by atoms with van der Waals surface area (Å²) in [5.41, 5.74) is 1.10. The van der Waals surface area contributed by atoms with Crippen molar-refractivity contribution in [1.82, 2.24) is 19.8 Å². The molecule has 4 nitrogen and oxygen atoms in total. The van der Waals surface area contributed by atoms with E-state index in [1.807, 2.05) is 13.4 Å². The molecule has 0 saturated heterocycles. The van der Waals surface area contributed by atoms with Gasteiger partial charge in [-0.15, -0.1) is 0 Å². The normalized spacial score (nSPS) is 11.1. The number of hydrogen-bond acceptors (Lipinski definition) is 3. The molecule has 0 unspecified atom stereocenters. The highest BCUT2D eigenvalue weighted by molar-refractivity contribution is 4.95. The maximum atomic E-state index is 4.27. The maximum absolute atomic E-state index is 4.27. The van der Waals surface area contributed by atoms with Gasteiger partial charge in [-0.3, -0.25) is 0 Å². The number of likely N-dealkylation sites (N-methyl/N-ethyl adjacent to an activating group) is 1. The molecule has 0 saturated carbocycles. The first kappa shape index (κ1) is 10.2. The molecule has 1 rings (SSSR count). The molecule has 1 N–H and O–H groups in total. The Balaban J connectivity index is 2.39. The standard InChI is InChI=1S/C9H18N4/c1-10-6-9-7-13(8-11-9)5-4-12(2)3/h7-8,10H,4-6H2,1-3H3. The smallest absolute Gasteiger partial charge is 0.0950 e. The summed E-state index contributed by atoms with van der Waals surface area (Å²) in [4.78, 5) is 6.43. The number of nitrogens with one attached hydrogen (secondary N) is 1. The first-order valence-corrected chi connectivity index (χ1v) is 4.52. The molecule has 0 aromatic carbocycles. The Morgan fingerprint density at radius 2 is 2.31 bits per heavy atom. The number of hydrogen-bond donors (Lipinski definition) is 1. The number of nitrogens with zero attached hydrogens (tertiary/aromatic N) is 3. The third kappa shape index (κ3) is 3.57. The molecule has 1 aromatic rings. The molecular weight excluding hydrogens is 164 g/mol. The van der Waals surface area contributed by atoms with Gasteiger partial charge in [0.05, 0.1) is 12.0 Å². The van der Waals surface area contributed by atoms with Gasteiger partial charge in [0.2, 0.25) is 0 Å². The first-order valence-electron chi connectivity index (χ1n) is 4.52. The summed E-state index contributed by atoms with van der Waals surface area (Å²) in [6, 6.07) is 0. The molecule has 0 bridgehead atoms. The minimum Gasteiger partial charge on any atom is -0.336 e. The molecule has 0 fully saturated rings. The van der Waals surface area contributed by atoms with Gasteiger partial charge in [-0.1, -0.05) is 0 Å². The van der Waals surface area contributed by atoms with Crippen molar-refractivity contribution in [1.29, 1.82) is 0 Å². The highest BCUT2D eigenvalue weighted by Gasteiger charge is 1.97. The molecule has 0 aliphatic rings. The molecule has 4 heteroatoms. The van der Waals surface area contributed by atoms with Gasteiger partial charge < -0.3 is 14.8 Å². The second kappa shape index (κ2) is 4.99. The van der Waals surface area contributed by atoms with Gasteiger partial charge in [-0.05, 0) is 21.1 Å². The van der Waals surface area contributed by atoms with E-state index in [2.05, 4.69) is 40.1 Å². The fraction of sp³-hybridized carbons (Fsp3) is 0.667. The van der Waals surface area contributed by atoms with E-state index in [1.165, 1.54) is 0 Å². The highest BCUT2D eigenvalue weighted by atomic mass is 15.1. The second-order valence-corrected chi connectivity index (χ2v) is 3.44. The summed E-state index contributed by atoms with van der Waals surface area (Å²) in [6.07, 6.45) is 3.97. The van der Waals surface area contributed by atoms with Crippen molar-refractivity contribution in [3.63, 3.8) is 0 Å². The van der Waals surface area contributed by atoms with Crippen LogP contribution in [0.2, 0.25) is 0 Å². The van der Waals surface area contributed by atoms with Crippen molar-refractivity contribution in [2.45, 2.75) is 13.1 Å². The third-order valence-electron chi connectivity index (χ3n) is 1.85. The molecule has 0 radical (unpaired) electrons. The summed E-state index contributed by atoms with van der Waals surface area (Å²) in [5.74, 6) is 0. The van der Waals surface area contributed by atoms with Crippen molar-refractivity contribution < 1.29 is 0 Å². The van der Waals surface area contributed by atoms with Crippen LogP contribution >= 0.6 is 0 Å². The van der Waals surface area contributed by atoms with Crippen LogP contribution in [0.25, 0.3) is 0 Å². The zero-order valence-corrected chi connectivity index (χ0v) is 8.62. The summed E-state index contributed by atoms with van der Waals surface area (Å²) in [7, 11) is 6.08. The number of aromatic nitrogens is 2. The van der Waals surface area contributed by atoms with Crippen molar-refractivity contribution in [2.24, 2.45) is 0 Å². The Kier molecular flexibility index (Phi) is 3.92. The lowest BCUT2D eigenvalue weighted by Gasteiger charge is -2.08. The van der Waals surface area contributed by atoms with Crippen LogP contribution < -0.4 is 5.32 Å². The third-order valence-corrected chi connectivity index (χ3v) is 1.85. The van der Waals surface area contributed by atoms with E-state index >= 15 is 0 Å². The van der Waals surface area contributed by atoms with Crippen molar-refractivity contribution in [3.05, 3.63) is 18.2 Å². The van der Waals surface area contributed by atoms with E-state index in [-0.39, 0.29) is 0 Å². The Morgan fingerprint density at radius 3 is 2.92 bits per heavy atom. The van der Waals surface area contributed by atoms with E-state index in [0.29, 0.717) is 0 Å². The Hall–Kier alpha value is -0.870. The van der Waals surface area contributed by atoms with E-state index in [4.69, 9.17) is 0 Å². The minimum atomic E-state index is 0.842. The van der Waals surface area contributed by atoms with Gasteiger partial charge in [-0.2, -0.15) is 0 Å². The van der Waals surface area contributed by atoms with Crippen LogP contribution in [0.15, 0.2) is 12.5 Å². The van der Waals surface area contributed by atoms with Crippen molar-refractivity contribution in [2.75, 3.05) is 27.7 Å². The van der Waals surface area contributed by atoms with Gasteiger partial charge in [0, 0.05) is 25.8 Å². The Morgan fingerprint density at radius 1 is 1.54 bits per heavy atom. The van der Waals surface area contributed by atoms with Gasteiger partial charge >= 0.3 is 0 Å². The van der Waals surface area contributed by atoms with Crippen LogP contribution in [-0.4, -0.2) is 42.1 Å². The lowest BCUT2D eigenvalue weighted by atomic mass is 10.5. The van der Waals surface area contributed by atoms with Gasteiger partial charge in [-0.25, -0.2) is 4.98 Å². The molecular formula is C9H18N4. The molecule has 0 amide bonds. The van der Waals surface area contributed by atoms with Gasteiger partial charge in [0.1, 0.15) is 0 Å². The quantitative estimate of drug-likeness (QED) is 0.704. The lowest BCUT2D eigenvalue weighted by Crippen LogP contribution is -2.17. The zero-order valence-electron chi connectivity index (χ0n) is 8.62. The van der Waals surface area contributed by atoms with Crippen LogP contribution in [0.3, 0.4) is 0 Å². The average Bonchev–Trinajstić information content (AvgIpc) is 2.50. The first-order chi connectivity index (χ1) is 6.22. The van der Waals surface area contributed by atoms with Crippen molar-refractivity contribution in [3.8, 4) is 0 Å². The van der Waals surface area contributed by atoms with E-state index in [0.717, 1.165) is 25.3 Å². The molecule has 0 aliphatic heterocycles. The monoisotopic (exact) mass is 182 g/mol. The maximum Gasteiger partial charge on any atom is 0.0950 e. The summed E-state index contributed by atoms with van der Waals surface area (Å²) in [6.45, 7) is 2.90. The largest absolute Gasteiger partial charge is 0.336 e. The predicted molar refractivity (Wildman–Crippen MR) is 53.5 cm³/mol. The van der Waals surface area contributed by atoms with Crippen LogP contribution in [-0.2, 0) is 13.1 Å². The molecule has 0 atom stereocenters. The molecule has 1 aromatic heterocycles. The molecule has 1 heterocycles. The molecule has 13 heavy (non-hydrogen) atoms. The average molecular weight is 182 g/mol. The molecule has 0 spiro atoms. The van der Waals surface area contributed by atoms with Crippen molar-refractivity contribution >= 4 is 0 Å². The zero-order chi connectivity index (χ0) is 9.68. The van der Waals surface area contributed by atoms with Gasteiger partial charge in [0.15, 0.2) is 0 Å². The van der Waals surface area contributed by atoms with Crippen LogP contribution in [0.5, 0.6) is 0 Å². The minimum absolute atomic E-state index is 0.842. The van der Waals surface area contributed by atoms with E-state index in [9.17, 15) is 0 Å². The SMILES string of the molecule is CNCc1cn(CCN(C)C)cn1. The van der Waals surface area contributed by atoms with Crippen LogP contribution in [0.1, 0.15) is 5.69 Å². The van der Waals surface area contributed by atoms with Crippen LogP contribution in [0.4, 0.5) is 0 Å². The Bertz CT molecular complexity index is 242. The van der Waals surface area contributed by atoms with E-state index in [1.54, 1.807) is 0 Å². The fourth-order valence-corrected chi connectivity index (χ4v) is 1.12. The number of imidazole rings is 1. The second-order valence-electron chi connectivity index (χ2n) is 3.44. The Labute approximate surface area is 79.6 Å². The number of rotatable bonds is 5. The predicted octanol–water partition coefficient (Wildman–Crippen LogP) is 0.164.